The zero-order chi connectivity index (χ0) is 26.1. The van der Waals surface area contributed by atoms with Crippen LogP contribution in [0.3, 0.4) is 0 Å². The molecule has 0 spiro atoms. The van der Waals surface area contributed by atoms with E-state index in [0.29, 0.717) is 6.42 Å². The van der Waals surface area contributed by atoms with Gasteiger partial charge in [-0.25, -0.2) is 0 Å². The first-order chi connectivity index (χ1) is 15.4. The highest BCUT2D eigenvalue weighted by molar-refractivity contribution is 14.1. The molecule has 0 radical (unpaired) electrons. The third-order valence-corrected chi connectivity index (χ3v) is 17.6. The Balaban J connectivity index is 2.45. The van der Waals surface area contributed by atoms with E-state index < -0.39 is 41.1 Å². The fraction of sp³-hybridized carbons (Fsp3) is 0.880. The number of aliphatic hydroxyl groups is 1. The van der Waals surface area contributed by atoms with Crippen LogP contribution in [0.25, 0.3) is 0 Å². The molecule has 0 bridgehead atoms. The summed E-state index contributed by atoms with van der Waals surface area (Å²) in [4.78, 5) is 11.1. The van der Waals surface area contributed by atoms with Crippen molar-refractivity contribution in [2.24, 2.45) is 0 Å². The van der Waals surface area contributed by atoms with E-state index in [0.717, 1.165) is 19.1 Å². The van der Waals surface area contributed by atoms with E-state index in [2.05, 4.69) is 90.3 Å². The number of carbonyl (C=O) groups is 1. The predicted octanol–water partition coefficient (Wildman–Crippen LogP) is 5.98. The Kier molecular flexibility index (Phi) is 10.3. The van der Waals surface area contributed by atoms with Crippen LogP contribution in [0.4, 0.5) is 0 Å². The first-order valence-electron chi connectivity index (χ1n) is 12.5. The summed E-state index contributed by atoms with van der Waals surface area (Å²) in [5, 5.41) is 11.7. The monoisotopic (exact) mass is 626 g/mol. The molecule has 2 rings (SSSR count). The van der Waals surface area contributed by atoms with Crippen LogP contribution in [0.15, 0.2) is 10.2 Å². The number of aldehydes is 1. The third kappa shape index (κ3) is 7.02. The van der Waals surface area contributed by atoms with E-state index in [9.17, 15) is 9.90 Å². The molecule has 198 valence electrons. The number of aliphatic hydroxyl groups excluding tert-OH is 1. The summed E-state index contributed by atoms with van der Waals surface area (Å²) in [6.07, 6.45) is 1.57. The van der Waals surface area contributed by atoms with Crippen molar-refractivity contribution in [2.75, 3.05) is 0 Å². The maximum absolute atomic E-state index is 11.7. The zero-order valence-corrected chi connectivity index (χ0v) is 26.9. The average molecular weight is 627 g/mol. The van der Waals surface area contributed by atoms with Gasteiger partial charge in [-0.3, -0.25) is 0 Å². The largest absolute Gasteiger partial charge is 0.408 e. The van der Waals surface area contributed by atoms with Crippen molar-refractivity contribution in [3.8, 4) is 0 Å². The van der Waals surface area contributed by atoms with Gasteiger partial charge in [-0.15, -0.1) is 0 Å². The lowest BCUT2D eigenvalue weighted by Gasteiger charge is -2.53. The van der Waals surface area contributed by atoms with E-state index >= 15 is 0 Å². The highest BCUT2D eigenvalue weighted by Gasteiger charge is 2.54. The van der Waals surface area contributed by atoms with Gasteiger partial charge in [0.1, 0.15) is 30.7 Å². The molecule has 2 aliphatic rings. The van der Waals surface area contributed by atoms with Crippen molar-refractivity contribution in [3.63, 3.8) is 0 Å². The van der Waals surface area contributed by atoms with Gasteiger partial charge < -0.3 is 28.2 Å². The molecular formula is C25H47IO6Si2. The van der Waals surface area contributed by atoms with Crippen LogP contribution < -0.4 is 0 Å². The lowest BCUT2D eigenvalue weighted by molar-refractivity contribution is -0.269. The molecule has 9 heteroatoms. The van der Waals surface area contributed by atoms with Crippen molar-refractivity contribution in [2.45, 2.75) is 140 Å². The molecule has 0 aromatic carbocycles. The normalized spacial score (nSPS) is 32.5. The summed E-state index contributed by atoms with van der Waals surface area (Å²) >= 11 is 2.22. The number of halogens is 1. The highest BCUT2D eigenvalue weighted by atomic mass is 127. The fourth-order valence-electron chi connectivity index (χ4n) is 4.00. The Morgan fingerprint density at radius 3 is 2.12 bits per heavy atom. The number of rotatable bonds is 8. The molecule has 0 saturated carbocycles. The number of carbonyl (C=O) groups excluding carboxylic acids is 1. The Bertz CT molecular complexity index is 715. The van der Waals surface area contributed by atoms with E-state index in [1.54, 1.807) is 0 Å². The lowest BCUT2D eigenvalue weighted by Crippen LogP contribution is -2.67. The Morgan fingerprint density at radius 1 is 1.03 bits per heavy atom. The van der Waals surface area contributed by atoms with E-state index in [1.807, 2.05) is 10.2 Å². The topological polar surface area (TPSA) is 74.2 Å². The van der Waals surface area contributed by atoms with E-state index in [4.69, 9.17) is 18.3 Å². The van der Waals surface area contributed by atoms with Crippen LogP contribution in [-0.2, 0) is 23.1 Å². The second kappa shape index (κ2) is 11.4. The SMILES string of the molecule is CC(C)(C)[Si](C)(C)OC(/C=C/I)[C@@H]1O[C@H]2CCC(CC=O)O[C@@H]2[C@H](O)C1O[Si](C)(C)C(C)(C)C. The molecule has 2 saturated heterocycles. The summed E-state index contributed by atoms with van der Waals surface area (Å²) < 4.78 is 28.6. The van der Waals surface area contributed by atoms with Crippen molar-refractivity contribution in [1.29, 1.82) is 0 Å². The number of hydrogen-bond donors (Lipinski definition) is 1. The molecular weight excluding hydrogens is 579 g/mol. The third-order valence-electron chi connectivity index (χ3n) is 8.24. The van der Waals surface area contributed by atoms with Gasteiger partial charge >= 0.3 is 0 Å². The molecule has 0 amide bonds. The van der Waals surface area contributed by atoms with E-state index in [-0.39, 0.29) is 28.4 Å². The van der Waals surface area contributed by atoms with Gasteiger partial charge in [-0.2, -0.15) is 0 Å². The quantitative estimate of drug-likeness (QED) is 0.203. The summed E-state index contributed by atoms with van der Waals surface area (Å²) in [5.74, 6) is 0. The highest BCUT2D eigenvalue weighted by Crippen LogP contribution is 2.44. The predicted molar refractivity (Wildman–Crippen MR) is 151 cm³/mol. The van der Waals surface area contributed by atoms with Gasteiger partial charge in [0.25, 0.3) is 0 Å². The average Bonchev–Trinajstić information content (AvgIpc) is 2.68. The van der Waals surface area contributed by atoms with Crippen LogP contribution in [0.2, 0.25) is 36.3 Å². The Hall–Kier alpha value is 0.374. The van der Waals surface area contributed by atoms with Crippen LogP contribution in [0.5, 0.6) is 0 Å². The molecule has 0 aliphatic carbocycles. The minimum absolute atomic E-state index is 0.0313. The van der Waals surface area contributed by atoms with Crippen molar-refractivity contribution in [3.05, 3.63) is 10.2 Å². The standard InChI is InChI=1S/C25H47IO6Si2/c1-24(2,3)33(7,8)31-19(13-15-26)22-23(32-34(9,10)25(4,5)6)20(28)21-18(30-22)12-11-17(29-21)14-16-27/h13,15-23,28H,11-12,14H2,1-10H3/b15-13+/t17?,18-,19?,20-,21-,22-,23?/m0/s1. The van der Waals surface area contributed by atoms with Crippen LogP contribution in [0, 0.1) is 0 Å². The number of fused-ring (bicyclic) bond motifs is 1. The van der Waals surface area contributed by atoms with Gasteiger partial charge in [-0.1, -0.05) is 64.1 Å². The summed E-state index contributed by atoms with van der Waals surface area (Å²) in [5.41, 5.74) is 0. The minimum atomic E-state index is -2.25. The maximum Gasteiger partial charge on any atom is 0.193 e. The summed E-state index contributed by atoms with van der Waals surface area (Å²) in [6, 6.07) is 0. The first-order valence-corrected chi connectivity index (χ1v) is 19.6. The molecule has 2 heterocycles. The second-order valence-electron chi connectivity index (χ2n) is 12.8. The van der Waals surface area contributed by atoms with Gasteiger partial charge in [0.15, 0.2) is 16.6 Å². The minimum Gasteiger partial charge on any atom is -0.408 e. The van der Waals surface area contributed by atoms with Gasteiger partial charge in [0.2, 0.25) is 0 Å². The van der Waals surface area contributed by atoms with Crippen LogP contribution in [0.1, 0.15) is 60.8 Å². The Morgan fingerprint density at radius 2 is 1.62 bits per heavy atom. The van der Waals surface area contributed by atoms with Crippen LogP contribution in [-0.4, -0.2) is 70.8 Å². The maximum atomic E-state index is 11.7. The zero-order valence-electron chi connectivity index (χ0n) is 22.8. The molecule has 3 unspecified atom stereocenters. The van der Waals surface area contributed by atoms with Crippen molar-refractivity contribution in [1.82, 2.24) is 0 Å². The van der Waals surface area contributed by atoms with Gasteiger partial charge in [-0.05, 0) is 59.3 Å². The molecule has 1 N–H and O–H groups in total. The smallest absolute Gasteiger partial charge is 0.193 e. The summed E-state index contributed by atoms with van der Waals surface area (Å²) in [7, 11) is -4.38. The lowest BCUT2D eigenvalue weighted by atomic mass is 9.87. The van der Waals surface area contributed by atoms with Crippen molar-refractivity contribution < 1.29 is 28.2 Å². The second-order valence-corrected chi connectivity index (χ2v) is 23.1. The molecule has 2 aliphatic heterocycles. The number of ether oxygens (including phenoxy) is 2. The molecule has 6 nitrogen and oxygen atoms in total. The first kappa shape index (κ1) is 30.6. The fourth-order valence-corrected chi connectivity index (χ4v) is 6.97. The van der Waals surface area contributed by atoms with Gasteiger partial charge in [0, 0.05) is 6.42 Å². The Labute approximate surface area is 222 Å². The van der Waals surface area contributed by atoms with Crippen LogP contribution >= 0.6 is 22.6 Å². The molecule has 7 atom stereocenters. The summed E-state index contributed by atoms with van der Waals surface area (Å²) in [6.45, 7) is 22.1. The van der Waals surface area contributed by atoms with Gasteiger partial charge in [0.05, 0.1) is 18.3 Å². The van der Waals surface area contributed by atoms with Crippen molar-refractivity contribution >= 4 is 45.5 Å². The molecule has 2 fully saturated rings. The molecule has 0 aromatic heterocycles. The molecule has 0 aromatic rings. The molecule has 34 heavy (non-hydrogen) atoms. The van der Waals surface area contributed by atoms with E-state index in [1.165, 1.54) is 0 Å². The number of hydrogen-bond acceptors (Lipinski definition) is 6.